The third kappa shape index (κ3) is 1.44. The van der Waals surface area contributed by atoms with Crippen molar-refractivity contribution in [2.24, 2.45) is 5.73 Å². The van der Waals surface area contributed by atoms with Crippen molar-refractivity contribution in [3.63, 3.8) is 0 Å². The van der Waals surface area contributed by atoms with E-state index in [0.717, 1.165) is 19.4 Å². The van der Waals surface area contributed by atoms with Gasteiger partial charge in [-0.05, 0) is 48.9 Å². The van der Waals surface area contributed by atoms with E-state index in [2.05, 4.69) is 12.1 Å². The summed E-state index contributed by atoms with van der Waals surface area (Å²) in [6.07, 6.45) is 6.08. The average molecular weight is 203 g/mol. The molecule has 0 spiro atoms. The van der Waals surface area contributed by atoms with Crippen LogP contribution >= 0.6 is 0 Å². The largest absolute Gasteiger partial charge is 0.489 e. The molecule has 0 aromatic heterocycles. The summed E-state index contributed by atoms with van der Waals surface area (Å²) in [5.74, 6) is 1.20. The minimum atomic E-state index is 0.331. The van der Waals surface area contributed by atoms with Crippen molar-refractivity contribution in [1.82, 2.24) is 0 Å². The molecule has 0 unspecified atom stereocenters. The Kier molecular flexibility index (Phi) is 2.17. The minimum absolute atomic E-state index is 0.331. The molecule has 1 aliphatic carbocycles. The Morgan fingerprint density at radius 3 is 3.00 bits per heavy atom. The summed E-state index contributed by atoms with van der Waals surface area (Å²) in [5, 5.41) is 0. The quantitative estimate of drug-likeness (QED) is 0.796. The van der Waals surface area contributed by atoms with Crippen molar-refractivity contribution in [2.75, 3.05) is 6.54 Å². The molecule has 0 saturated carbocycles. The molecule has 2 nitrogen and oxygen atoms in total. The molecule has 1 heterocycles. The molecule has 0 amide bonds. The van der Waals surface area contributed by atoms with E-state index in [1.54, 1.807) is 0 Å². The first-order valence-electron chi connectivity index (χ1n) is 5.89. The van der Waals surface area contributed by atoms with Crippen molar-refractivity contribution >= 4 is 0 Å². The summed E-state index contributed by atoms with van der Waals surface area (Å²) in [6, 6.07) is 4.53. The van der Waals surface area contributed by atoms with Gasteiger partial charge in [-0.1, -0.05) is 12.1 Å². The maximum absolute atomic E-state index is 6.01. The van der Waals surface area contributed by atoms with E-state index in [-0.39, 0.29) is 0 Å². The van der Waals surface area contributed by atoms with Crippen LogP contribution in [0.2, 0.25) is 0 Å². The molecule has 1 aromatic carbocycles. The number of fused-ring (bicyclic) bond motifs is 3. The molecule has 2 aliphatic rings. The van der Waals surface area contributed by atoms with Gasteiger partial charge in [-0.2, -0.15) is 0 Å². The van der Waals surface area contributed by atoms with Crippen molar-refractivity contribution in [3.05, 3.63) is 28.8 Å². The van der Waals surface area contributed by atoms with E-state index in [9.17, 15) is 0 Å². The zero-order valence-electron chi connectivity index (χ0n) is 8.96. The summed E-state index contributed by atoms with van der Waals surface area (Å²) in [6.45, 7) is 0.723. The molecule has 2 N–H and O–H groups in total. The maximum Gasteiger partial charge on any atom is 0.126 e. The number of nitrogens with two attached hydrogens (primary N) is 1. The maximum atomic E-state index is 6.01. The van der Waals surface area contributed by atoms with Crippen molar-refractivity contribution < 1.29 is 4.74 Å². The van der Waals surface area contributed by atoms with Gasteiger partial charge in [-0.3, -0.25) is 0 Å². The third-order valence-electron chi connectivity index (χ3n) is 3.53. The fourth-order valence-corrected chi connectivity index (χ4v) is 2.79. The molecule has 1 atom stereocenters. The number of hydrogen-bond donors (Lipinski definition) is 1. The van der Waals surface area contributed by atoms with Crippen LogP contribution in [0.3, 0.4) is 0 Å². The predicted molar refractivity (Wildman–Crippen MR) is 60.3 cm³/mol. The number of benzene rings is 1. The number of rotatable bonds is 2. The van der Waals surface area contributed by atoms with E-state index < -0.39 is 0 Å². The Morgan fingerprint density at radius 2 is 2.13 bits per heavy atom. The van der Waals surface area contributed by atoms with Crippen LogP contribution < -0.4 is 10.5 Å². The van der Waals surface area contributed by atoms with Gasteiger partial charge >= 0.3 is 0 Å². The number of aryl methyl sites for hydroxylation is 1. The summed E-state index contributed by atoms with van der Waals surface area (Å²) >= 11 is 0. The van der Waals surface area contributed by atoms with E-state index in [4.69, 9.17) is 10.5 Å². The molecule has 0 fully saturated rings. The van der Waals surface area contributed by atoms with Gasteiger partial charge in [0.1, 0.15) is 11.9 Å². The minimum Gasteiger partial charge on any atom is -0.489 e. The standard InChI is InChI=1S/C13H17NO/c14-7-6-11-8-10-5-4-9-2-1-3-12(9)13(10)15-11/h4-5,11H,1-3,6-8,14H2/t11-/m0/s1. The van der Waals surface area contributed by atoms with Gasteiger partial charge in [0.15, 0.2) is 0 Å². The molecule has 80 valence electrons. The second-order valence-corrected chi connectivity index (χ2v) is 4.57. The van der Waals surface area contributed by atoms with Crippen LogP contribution in [0.5, 0.6) is 5.75 Å². The third-order valence-corrected chi connectivity index (χ3v) is 3.53. The van der Waals surface area contributed by atoms with Gasteiger partial charge < -0.3 is 10.5 Å². The van der Waals surface area contributed by atoms with Crippen molar-refractivity contribution in [1.29, 1.82) is 0 Å². The van der Waals surface area contributed by atoms with Crippen molar-refractivity contribution in [3.8, 4) is 5.75 Å². The highest BCUT2D eigenvalue weighted by Crippen LogP contribution is 2.39. The van der Waals surface area contributed by atoms with Gasteiger partial charge in [0.25, 0.3) is 0 Å². The molecule has 1 aromatic rings. The second kappa shape index (κ2) is 3.53. The molecule has 3 rings (SSSR count). The fourth-order valence-electron chi connectivity index (χ4n) is 2.79. The van der Waals surface area contributed by atoms with Gasteiger partial charge in [-0.25, -0.2) is 0 Å². The van der Waals surface area contributed by atoms with E-state index in [1.165, 1.54) is 41.7 Å². The van der Waals surface area contributed by atoms with Crippen molar-refractivity contribution in [2.45, 2.75) is 38.2 Å². The molecule has 1 aliphatic heterocycles. The highest BCUT2D eigenvalue weighted by molar-refractivity contribution is 5.50. The van der Waals surface area contributed by atoms with Crippen LogP contribution in [0.4, 0.5) is 0 Å². The molecule has 0 saturated heterocycles. The Bertz CT molecular complexity index is 386. The molecular formula is C13H17NO. The lowest BCUT2D eigenvalue weighted by Gasteiger charge is -2.10. The van der Waals surface area contributed by atoms with Crippen LogP contribution in [-0.2, 0) is 19.3 Å². The zero-order chi connectivity index (χ0) is 10.3. The Labute approximate surface area is 90.4 Å². The first kappa shape index (κ1) is 9.22. The molecule has 0 radical (unpaired) electrons. The molecular weight excluding hydrogens is 186 g/mol. The lowest BCUT2D eigenvalue weighted by Crippen LogP contribution is -2.17. The zero-order valence-corrected chi connectivity index (χ0v) is 8.96. The lowest BCUT2D eigenvalue weighted by atomic mass is 10.0. The first-order valence-corrected chi connectivity index (χ1v) is 5.89. The van der Waals surface area contributed by atoms with Gasteiger partial charge in [0.2, 0.25) is 0 Å². The number of ether oxygens (including phenoxy) is 1. The van der Waals surface area contributed by atoms with Gasteiger partial charge in [0, 0.05) is 6.42 Å². The number of hydrogen-bond acceptors (Lipinski definition) is 2. The summed E-state index contributed by atoms with van der Waals surface area (Å²) < 4.78 is 6.01. The molecule has 2 heteroatoms. The first-order chi connectivity index (χ1) is 7.38. The van der Waals surface area contributed by atoms with E-state index in [0.29, 0.717) is 6.10 Å². The van der Waals surface area contributed by atoms with E-state index in [1.807, 2.05) is 0 Å². The van der Waals surface area contributed by atoms with Crippen LogP contribution in [0.1, 0.15) is 29.5 Å². The Balaban J connectivity index is 1.93. The lowest BCUT2D eigenvalue weighted by molar-refractivity contribution is 0.223. The summed E-state index contributed by atoms with van der Waals surface area (Å²) in [7, 11) is 0. The highest BCUT2D eigenvalue weighted by Gasteiger charge is 2.27. The van der Waals surface area contributed by atoms with Crippen LogP contribution in [0, 0.1) is 0 Å². The highest BCUT2D eigenvalue weighted by atomic mass is 16.5. The van der Waals surface area contributed by atoms with Crippen LogP contribution in [0.15, 0.2) is 12.1 Å². The summed E-state index contributed by atoms with van der Waals surface area (Å²) in [5.41, 5.74) is 9.95. The smallest absolute Gasteiger partial charge is 0.126 e. The van der Waals surface area contributed by atoms with Crippen LogP contribution in [0.25, 0.3) is 0 Å². The normalized spacial score (nSPS) is 22.3. The topological polar surface area (TPSA) is 35.2 Å². The Morgan fingerprint density at radius 1 is 1.27 bits per heavy atom. The monoisotopic (exact) mass is 203 g/mol. The average Bonchev–Trinajstić information content (AvgIpc) is 2.80. The fraction of sp³-hybridized carbons (Fsp3) is 0.538. The molecule has 15 heavy (non-hydrogen) atoms. The van der Waals surface area contributed by atoms with Crippen LogP contribution in [-0.4, -0.2) is 12.6 Å². The SMILES string of the molecule is NCC[C@H]1Cc2ccc3c(c2O1)CCC3. The Hall–Kier alpha value is -1.02. The summed E-state index contributed by atoms with van der Waals surface area (Å²) in [4.78, 5) is 0. The predicted octanol–water partition coefficient (Wildman–Crippen LogP) is 1.83. The second-order valence-electron chi connectivity index (χ2n) is 4.57. The van der Waals surface area contributed by atoms with Gasteiger partial charge in [-0.15, -0.1) is 0 Å². The van der Waals surface area contributed by atoms with E-state index >= 15 is 0 Å². The van der Waals surface area contributed by atoms with Gasteiger partial charge in [0.05, 0.1) is 0 Å². The molecule has 0 bridgehead atoms.